The molecule has 4 amide bonds. The average molecular weight is 718 g/mol. The molecule has 3 fully saturated rings. The fourth-order valence-corrected chi connectivity index (χ4v) is 9.26. The number of aliphatic hydroxyl groups excluding tert-OH is 1. The Balaban J connectivity index is 1.33. The smallest absolute Gasteiger partial charge is 0.269 e. The molecule has 1 saturated carbocycles. The number of anilines is 2. The minimum Gasteiger partial charge on any atom is -0.491 e. The lowest BCUT2D eigenvalue weighted by Gasteiger charge is -2.51. The van der Waals surface area contributed by atoms with Crippen molar-refractivity contribution in [1.29, 1.82) is 0 Å². The number of benzene rings is 4. The van der Waals surface area contributed by atoms with Crippen LogP contribution in [0.2, 0.25) is 5.02 Å². The number of para-hydroxylation sites is 1. The fraction of sp³-hybridized carbons (Fsp3) is 0.250. The molecular weight excluding hydrogens is 686 g/mol. The Morgan fingerprint density at radius 3 is 2.27 bits per heavy atom. The summed E-state index contributed by atoms with van der Waals surface area (Å²) in [5.74, 6) is -5.34. The predicted molar refractivity (Wildman–Crippen MR) is 191 cm³/mol. The van der Waals surface area contributed by atoms with Crippen LogP contribution in [0.5, 0.6) is 5.75 Å². The van der Waals surface area contributed by atoms with Gasteiger partial charge in [-0.1, -0.05) is 77.8 Å². The molecule has 4 aromatic rings. The van der Waals surface area contributed by atoms with Gasteiger partial charge in [0.25, 0.3) is 5.69 Å². The van der Waals surface area contributed by atoms with Crippen LogP contribution in [-0.2, 0) is 24.6 Å². The predicted octanol–water partition coefficient (Wildman–Crippen LogP) is 5.99. The minimum absolute atomic E-state index is 0.0165. The third kappa shape index (κ3) is 4.91. The second-order valence-corrected chi connectivity index (χ2v) is 13.9. The van der Waals surface area contributed by atoms with Gasteiger partial charge in [-0.3, -0.25) is 34.2 Å². The highest BCUT2D eigenvalue weighted by Crippen LogP contribution is 2.65. The number of hydrogen-bond donors (Lipinski definition) is 1. The molecule has 4 aromatic carbocycles. The monoisotopic (exact) mass is 717 g/mol. The maximum atomic E-state index is 15.4. The van der Waals surface area contributed by atoms with Crippen molar-refractivity contribution in [3.63, 3.8) is 0 Å². The molecule has 12 heteroatoms. The number of ether oxygens (including phenoxy) is 1. The highest BCUT2D eigenvalue weighted by molar-refractivity contribution is 6.32. The number of hydrogen-bond acceptors (Lipinski definition) is 8. The number of imide groups is 2. The van der Waals surface area contributed by atoms with Crippen molar-refractivity contribution < 1.29 is 33.9 Å². The largest absolute Gasteiger partial charge is 0.491 e. The number of aliphatic hydroxyl groups is 1. The molecule has 1 N–H and O–H groups in total. The molecule has 2 aliphatic heterocycles. The summed E-state index contributed by atoms with van der Waals surface area (Å²) in [4.78, 5) is 71.9. The Morgan fingerprint density at radius 2 is 1.56 bits per heavy atom. The van der Waals surface area contributed by atoms with E-state index in [1.165, 1.54) is 29.2 Å². The first kappa shape index (κ1) is 33.5. The van der Waals surface area contributed by atoms with E-state index in [2.05, 4.69) is 0 Å². The van der Waals surface area contributed by atoms with Gasteiger partial charge in [-0.2, -0.15) is 0 Å². The molecule has 4 aliphatic rings. The van der Waals surface area contributed by atoms with E-state index >= 15 is 4.79 Å². The molecule has 0 bridgehead atoms. The van der Waals surface area contributed by atoms with Crippen LogP contribution in [-0.4, -0.2) is 46.9 Å². The van der Waals surface area contributed by atoms with E-state index in [-0.39, 0.29) is 37.4 Å². The highest BCUT2D eigenvalue weighted by Gasteiger charge is 2.70. The standard InChI is InChI=1S/C40H32ClN3O8/c41-24-9-6-10-27(21-24)43-37(47)32-22-31-28(17-18-30-34(31)38(48)42(36(30)46)25-13-15-26(16-14-25)44(50)51)35(29-11-4-5-12-33(29)52-20-19-45)40(32,39(43)49)23-7-2-1-3-8-23/h1-17,21,30-32,34-35,45H,18-20,22H2. The van der Waals surface area contributed by atoms with Crippen LogP contribution in [0.3, 0.4) is 0 Å². The topological polar surface area (TPSA) is 147 Å². The number of allylic oxidation sites excluding steroid dienone is 2. The summed E-state index contributed by atoms with van der Waals surface area (Å²) >= 11 is 6.39. The van der Waals surface area contributed by atoms with E-state index in [9.17, 15) is 29.6 Å². The summed E-state index contributed by atoms with van der Waals surface area (Å²) in [7, 11) is 0. The van der Waals surface area contributed by atoms with Crippen molar-refractivity contribution in [3.8, 4) is 5.75 Å². The van der Waals surface area contributed by atoms with Crippen LogP contribution in [0.1, 0.15) is 29.9 Å². The molecule has 2 aliphatic carbocycles. The molecule has 2 heterocycles. The fourth-order valence-electron chi connectivity index (χ4n) is 9.07. The molecular formula is C40H32ClN3O8. The Bertz CT molecular complexity index is 2170. The third-order valence-corrected chi connectivity index (χ3v) is 11.3. The lowest BCUT2D eigenvalue weighted by molar-refractivity contribution is -0.384. The van der Waals surface area contributed by atoms with Crippen LogP contribution < -0.4 is 14.5 Å². The first-order chi connectivity index (χ1) is 25.2. The highest BCUT2D eigenvalue weighted by atomic mass is 35.5. The summed E-state index contributed by atoms with van der Waals surface area (Å²) in [6, 6.07) is 28.2. The van der Waals surface area contributed by atoms with Crippen molar-refractivity contribution >= 4 is 52.3 Å². The average Bonchev–Trinajstić information content (AvgIpc) is 3.55. The molecule has 6 atom stereocenters. The molecule has 2 saturated heterocycles. The van der Waals surface area contributed by atoms with Gasteiger partial charge in [-0.15, -0.1) is 0 Å². The molecule has 262 valence electrons. The molecule has 0 aromatic heterocycles. The van der Waals surface area contributed by atoms with Gasteiger partial charge in [0.2, 0.25) is 23.6 Å². The van der Waals surface area contributed by atoms with Crippen molar-refractivity contribution in [2.75, 3.05) is 23.0 Å². The van der Waals surface area contributed by atoms with Crippen molar-refractivity contribution in [2.45, 2.75) is 24.2 Å². The summed E-state index contributed by atoms with van der Waals surface area (Å²) in [6.45, 7) is -0.271. The van der Waals surface area contributed by atoms with E-state index in [0.29, 0.717) is 27.6 Å². The van der Waals surface area contributed by atoms with Gasteiger partial charge < -0.3 is 9.84 Å². The maximum absolute atomic E-state index is 15.4. The van der Waals surface area contributed by atoms with Gasteiger partial charge in [-0.25, -0.2) is 4.90 Å². The van der Waals surface area contributed by atoms with Crippen LogP contribution in [0.4, 0.5) is 17.1 Å². The van der Waals surface area contributed by atoms with Crippen LogP contribution in [0.25, 0.3) is 0 Å². The van der Waals surface area contributed by atoms with Crippen LogP contribution >= 0.6 is 11.6 Å². The Hall–Kier alpha value is -5.65. The Morgan fingerprint density at radius 1 is 0.827 bits per heavy atom. The zero-order valence-electron chi connectivity index (χ0n) is 27.6. The number of carbonyl (C=O) groups is 4. The normalized spacial score (nSPS) is 26.5. The van der Waals surface area contributed by atoms with Gasteiger partial charge in [0, 0.05) is 28.6 Å². The van der Waals surface area contributed by atoms with E-state index in [0.717, 1.165) is 10.5 Å². The second kappa shape index (κ2) is 12.8. The van der Waals surface area contributed by atoms with Gasteiger partial charge in [0.1, 0.15) is 12.4 Å². The zero-order valence-corrected chi connectivity index (χ0v) is 28.4. The van der Waals surface area contributed by atoms with E-state index < -0.39 is 63.6 Å². The maximum Gasteiger partial charge on any atom is 0.269 e. The number of amides is 4. The van der Waals surface area contributed by atoms with Crippen LogP contribution in [0, 0.1) is 33.8 Å². The molecule has 52 heavy (non-hydrogen) atoms. The number of nitro benzene ring substituents is 1. The first-order valence-electron chi connectivity index (χ1n) is 17.0. The molecule has 11 nitrogen and oxygen atoms in total. The summed E-state index contributed by atoms with van der Waals surface area (Å²) in [5.41, 5.74) is 0.865. The Kier molecular flexibility index (Phi) is 8.27. The SMILES string of the molecule is O=C1C2CC=C3C(CC4C(=O)N(c5cccc(Cl)c5)C(=O)C4(c4ccccc4)C3c3ccccc3OCCO)C2C(=O)N1c1ccc([N+](=O)[O-])cc1. The van der Waals surface area contributed by atoms with Gasteiger partial charge in [0.05, 0.1) is 46.1 Å². The lowest BCUT2D eigenvalue weighted by Crippen LogP contribution is -2.53. The lowest BCUT2D eigenvalue weighted by atomic mass is 9.49. The minimum atomic E-state index is -1.49. The van der Waals surface area contributed by atoms with Gasteiger partial charge in [0.15, 0.2) is 0 Å². The number of nitro groups is 1. The van der Waals surface area contributed by atoms with Gasteiger partial charge in [-0.05, 0) is 60.7 Å². The molecule has 0 radical (unpaired) electrons. The van der Waals surface area contributed by atoms with Crippen molar-refractivity contribution in [2.24, 2.45) is 23.7 Å². The van der Waals surface area contributed by atoms with E-state index in [1.54, 1.807) is 36.4 Å². The summed E-state index contributed by atoms with van der Waals surface area (Å²) in [5, 5.41) is 21.4. The molecule has 6 unspecified atom stereocenters. The van der Waals surface area contributed by atoms with Crippen LogP contribution in [0.15, 0.2) is 115 Å². The van der Waals surface area contributed by atoms with Crippen molar-refractivity contribution in [1.82, 2.24) is 0 Å². The number of halogens is 1. The number of carbonyl (C=O) groups excluding carboxylic acids is 4. The second-order valence-electron chi connectivity index (χ2n) is 13.5. The molecule has 0 spiro atoms. The van der Waals surface area contributed by atoms with E-state index in [4.69, 9.17) is 16.3 Å². The number of rotatable bonds is 8. The summed E-state index contributed by atoms with van der Waals surface area (Å²) < 4.78 is 6.08. The third-order valence-electron chi connectivity index (χ3n) is 11.1. The zero-order chi connectivity index (χ0) is 36.3. The first-order valence-corrected chi connectivity index (χ1v) is 17.4. The van der Waals surface area contributed by atoms with Crippen molar-refractivity contribution in [3.05, 3.63) is 141 Å². The summed E-state index contributed by atoms with van der Waals surface area (Å²) in [6.07, 6.45) is 2.26. The van der Waals surface area contributed by atoms with E-state index in [1.807, 2.05) is 48.5 Å². The number of nitrogens with zero attached hydrogens (tertiary/aromatic N) is 3. The molecule has 8 rings (SSSR count). The van der Waals surface area contributed by atoms with Gasteiger partial charge >= 0.3 is 0 Å². The number of fused-ring (bicyclic) bond motifs is 4. The quantitative estimate of drug-likeness (QED) is 0.101. The Labute approximate surface area is 303 Å². The number of non-ortho nitro benzene ring substituents is 1.